The van der Waals surface area contributed by atoms with Crippen LogP contribution in [0.1, 0.15) is 12.8 Å². The van der Waals surface area contributed by atoms with Crippen molar-refractivity contribution >= 4 is 0 Å². The van der Waals surface area contributed by atoms with Gasteiger partial charge in [0.2, 0.25) is 0 Å². The second-order valence-corrected chi connectivity index (χ2v) is 0.707. The van der Waals surface area contributed by atoms with E-state index in [0.717, 1.165) is 12.8 Å². The first kappa shape index (κ1) is 38.7. The van der Waals surface area contributed by atoms with Gasteiger partial charge in [-0.25, -0.2) is 0 Å². The minimum atomic E-state index is 0.750. The molecule has 0 bridgehead atoms. The van der Waals surface area contributed by atoms with Gasteiger partial charge in [0, 0.05) is 13.8 Å². The van der Waals surface area contributed by atoms with Crippen LogP contribution in [0.4, 0.5) is 0 Å². The maximum Gasteiger partial charge on any atom is 0.0302 e. The topological polar surface area (TPSA) is 0 Å². The van der Waals surface area contributed by atoms with Crippen LogP contribution in [0.3, 0.4) is 0 Å². The molecular weight excluding hydrogens is 168 g/mol. The van der Waals surface area contributed by atoms with Gasteiger partial charge in [0.1, 0.15) is 0 Å². The van der Waals surface area contributed by atoms with Crippen LogP contribution in [0.15, 0.2) is 52.6 Å². The zero-order valence-corrected chi connectivity index (χ0v) is 9.90. The summed E-state index contributed by atoms with van der Waals surface area (Å²) in [5.74, 6) is 0. The standard InChI is InChI=1S/2C3H6.4C2H4/c2*1-3-2;4*1-2/h2*1-3H2;4*1-2H2. The highest BCUT2D eigenvalue weighted by Gasteiger charge is 1.34. The van der Waals surface area contributed by atoms with Crippen molar-refractivity contribution in [3.8, 4) is 0 Å². The molecule has 0 aliphatic heterocycles. The molecule has 0 amide bonds. The van der Waals surface area contributed by atoms with Gasteiger partial charge < -0.3 is 0 Å². The first-order chi connectivity index (χ1) is 6.83. The second-order valence-electron chi connectivity index (χ2n) is 0.707. The second kappa shape index (κ2) is 2730. The van der Waals surface area contributed by atoms with E-state index in [4.69, 9.17) is 0 Å². The average molecular weight is 196 g/mol. The van der Waals surface area contributed by atoms with Crippen LogP contribution in [0.5, 0.6) is 0 Å². The zero-order valence-electron chi connectivity index (χ0n) is 9.90. The molecule has 0 heterocycles. The van der Waals surface area contributed by atoms with E-state index in [1.807, 2.05) is 0 Å². The fourth-order valence-corrected chi connectivity index (χ4v) is 0. The summed E-state index contributed by atoms with van der Waals surface area (Å²) in [6, 6.07) is 0. The fraction of sp³-hybridized carbons (Fsp3) is 0.143. The summed E-state index contributed by atoms with van der Waals surface area (Å²) >= 11 is 0. The molecule has 14 heavy (non-hydrogen) atoms. The van der Waals surface area contributed by atoms with Gasteiger partial charge in [-0.1, -0.05) is 0 Å². The van der Waals surface area contributed by atoms with E-state index in [9.17, 15) is 0 Å². The summed E-state index contributed by atoms with van der Waals surface area (Å²) in [7, 11) is 0. The lowest BCUT2D eigenvalue weighted by molar-refractivity contribution is 1.41. The summed E-state index contributed by atoms with van der Waals surface area (Å²) in [5, 5.41) is 0. The van der Waals surface area contributed by atoms with Crippen molar-refractivity contribution in [2.75, 3.05) is 0 Å². The molecule has 0 rings (SSSR count). The first-order valence-corrected chi connectivity index (χ1v) is 4.00. The smallest absolute Gasteiger partial charge is 0.0302 e. The molecule has 0 radical (unpaired) electrons. The van der Waals surface area contributed by atoms with Crippen molar-refractivity contribution in [3.05, 3.63) is 80.3 Å². The summed E-state index contributed by atoms with van der Waals surface area (Å²) in [6.45, 7) is 37.5. The van der Waals surface area contributed by atoms with Crippen LogP contribution < -0.4 is 0 Å². The molecule has 0 aliphatic carbocycles. The quantitative estimate of drug-likeness (QED) is 0.364. The maximum absolute atomic E-state index is 3.38. The molecular formula is C14H28. The molecule has 0 aromatic rings. The molecule has 0 unspecified atom stereocenters. The Balaban J connectivity index is -0.0000000139. The van der Waals surface area contributed by atoms with E-state index >= 15 is 0 Å². The normalized spacial score (nSPS) is 3.57. The third kappa shape index (κ3) is 596. The Hall–Kier alpha value is -1.30. The fourth-order valence-electron chi connectivity index (χ4n) is 0. The van der Waals surface area contributed by atoms with Crippen LogP contribution in [-0.2, 0) is 0 Å². The van der Waals surface area contributed by atoms with E-state index < -0.39 is 0 Å². The minimum absolute atomic E-state index is 0.750. The van der Waals surface area contributed by atoms with Crippen molar-refractivity contribution in [1.82, 2.24) is 0 Å². The lowest BCUT2D eigenvalue weighted by Crippen LogP contribution is -1.30. The van der Waals surface area contributed by atoms with Gasteiger partial charge >= 0.3 is 0 Å². The van der Waals surface area contributed by atoms with Crippen molar-refractivity contribution in [1.29, 1.82) is 0 Å². The van der Waals surface area contributed by atoms with Crippen molar-refractivity contribution in [3.63, 3.8) is 0 Å². The van der Waals surface area contributed by atoms with E-state index in [1.165, 1.54) is 0 Å². The Labute approximate surface area is 93.8 Å². The molecule has 0 atom stereocenters. The average Bonchev–Trinajstić information content (AvgIpc) is 2.31. The molecule has 0 heteroatoms. The van der Waals surface area contributed by atoms with Crippen LogP contribution in [0.25, 0.3) is 0 Å². The molecule has 0 nitrogen and oxygen atoms in total. The molecule has 0 saturated carbocycles. The monoisotopic (exact) mass is 196 g/mol. The Bertz CT molecular complexity index is 21.0. The van der Waals surface area contributed by atoms with Gasteiger partial charge in [0.25, 0.3) is 0 Å². The third-order valence-corrected chi connectivity index (χ3v) is 0. The molecule has 0 saturated heterocycles. The highest BCUT2D eigenvalue weighted by atomic mass is 13.4. The largest absolute Gasteiger partial charge is 0.300 e. The highest BCUT2D eigenvalue weighted by molar-refractivity contribution is 4.34. The number of rotatable bonds is 0. The lowest BCUT2D eigenvalue weighted by atomic mass is 10.6. The molecule has 0 aromatic carbocycles. The van der Waals surface area contributed by atoms with Crippen LogP contribution in [0, 0.1) is 27.7 Å². The third-order valence-electron chi connectivity index (χ3n) is 0. The van der Waals surface area contributed by atoms with Gasteiger partial charge in [0.15, 0.2) is 0 Å². The van der Waals surface area contributed by atoms with Crippen LogP contribution in [0.2, 0.25) is 0 Å². The maximum atomic E-state index is 3.38. The lowest BCUT2D eigenvalue weighted by Gasteiger charge is -1.51. The predicted octanol–water partition coefficient (Wildman–Crippen LogP) is 5.30. The summed E-state index contributed by atoms with van der Waals surface area (Å²) in [6.07, 6.45) is 1.50. The SMILES string of the molecule is C=C.C=C.C=C.C=C.[CH2+]C[CH2-].[CH2+]C[CH2-]. The molecule has 0 aliphatic rings. The molecule has 0 N–H and O–H groups in total. The van der Waals surface area contributed by atoms with E-state index in [1.54, 1.807) is 0 Å². The van der Waals surface area contributed by atoms with Gasteiger partial charge in [0.05, 0.1) is 0 Å². The summed E-state index contributed by atoms with van der Waals surface area (Å²) < 4.78 is 0. The minimum Gasteiger partial charge on any atom is -0.300 e. The van der Waals surface area contributed by atoms with E-state index in [0.29, 0.717) is 0 Å². The predicted molar refractivity (Wildman–Crippen MR) is 75.7 cm³/mol. The number of hydrogen-bond donors (Lipinski definition) is 0. The van der Waals surface area contributed by atoms with Crippen molar-refractivity contribution < 1.29 is 0 Å². The van der Waals surface area contributed by atoms with Gasteiger partial charge in [-0.2, -0.15) is 0 Å². The first-order valence-electron chi connectivity index (χ1n) is 4.00. The Morgan fingerprint density at radius 1 is 0.571 bits per heavy atom. The Morgan fingerprint density at radius 2 is 0.571 bits per heavy atom. The summed E-state index contributed by atoms with van der Waals surface area (Å²) in [4.78, 5) is 0. The number of hydrogen-bond acceptors (Lipinski definition) is 0. The Kier molecular flexibility index (Phi) is 7560. The van der Waals surface area contributed by atoms with E-state index in [2.05, 4.69) is 80.3 Å². The van der Waals surface area contributed by atoms with Gasteiger partial charge in [-0.3, -0.25) is 13.8 Å². The molecule has 84 valence electrons. The molecule has 0 spiro atoms. The van der Waals surface area contributed by atoms with Gasteiger partial charge in [-0.15, -0.1) is 52.6 Å². The zero-order chi connectivity index (χ0) is 13.4. The molecule has 0 aromatic heterocycles. The van der Waals surface area contributed by atoms with Crippen LogP contribution >= 0.6 is 0 Å². The van der Waals surface area contributed by atoms with Gasteiger partial charge in [-0.05, 0) is 12.8 Å². The van der Waals surface area contributed by atoms with Crippen molar-refractivity contribution in [2.24, 2.45) is 0 Å². The Morgan fingerprint density at radius 3 is 0.571 bits per heavy atom. The van der Waals surface area contributed by atoms with E-state index in [-0.39, 0.29) is 0 Å². The molecule has 0 fully saturated rings. The van der Waals surface area contributed by atoms with Crippen LogP contribution in [-0.4, -0.2) is 0 Å². The highest BCUT2D eigenvalue weighted by Crippen LogP contribution is 1.53. The van der Waals surface area contributed by atoms with Crippen molar-refractivity contribution in [2.45, 2.75) is 12.8 Å². The summed E-state index contributed by atoms with van der Waals surface area (Å²) in [5.41, 5.74) is 0.